The number of anilines is 1. The topological polar surface area (TPSA) is 86.8 Å². The number of rotatable bonds is 12. The van der Waals surface area contributed by atoms with Crippen LogP contribution in [0.1, 0.15) is 42.4 Å². The van der Waals surface area contributed by atoms with Gasteiger partial charge in [0.25, 0.3) is 10.0 Å². The van der Waals surface area contributed by atoms with Crippen molar-refractivity contribution in [3.05, 3.63) is 129 Å². The second-order valence-electron chi connectivity index (χ2n) is 11.6. The van der Waals surface area contributed by atoms with Gasteiger partial charge in [-0.15, -0.1) is 0 Å². The maximum Gasteiger partial charge on any atom is 0.264 e. The molecule has 2 amide bonds. The van der Waals surface area contributed by atoms with Gasteiger partial charge in [0.1, 0.15) is 12.6 Å². The van der Waals surface area contributed by atoms with E-state index in [9.17, 15) is 18.0 Å². The second kappa shape index (κ2) is 15.3. The quantitative estimate of drug-likeness (QED) is 0.166. The summed E-state index contributed by atoms with van der Waals surface area (Å²) in [6.45, 7) is 1.40. The molecule has 5 rings (SSSR count). The maximum atomic E-state index is 14.6. The van der Waals surface area contributed by atoms with Gasteiger partial charge in [-0.2, -0.15) is 0 Å². The monoisotopic (exact) mass is 721 g/mol. The molecule has 1 aliphatic carbocycles. The number of carbonyl (C=O) groups excluding carboxylic acids is 2. The van der Waals surface area contributed by atoms with Crippen molar-refractivity contribution in [3.63, 3.8) is 0 Å². The Hall–Kier alpha value is -3.66. The van der Waals surface area contributed by atoms with Gasteiger partial charge in [0, 0.05) is 23.5 Å². The molecule has 0 bridgehead atoms. The van der Waals surface area contributed by atoms with E-state index in [0.29, 0.717) is 0 Å². The zero-order chi connectivity index (χ0) is 32.7. The Morgan fingerprint density at radius 1 is 0.891 bits per heavy atom. The summed E-state index contributed by atoms with van der Waals surface area (Å²) >= 11 is 10.1. The molecule has 0 aromatic heterocycles. The van der Waals surface area contributed by atoms with E-state index in [4.69, 9.17) is 11.6 Å². The first-order valence-corrected chi connectivity index (χ1v) is 17.9. The maximum absolute atomic E-state index is 14.6. The van der Waals surface area contributed by atoms with Gasteiger partial charge in [0.2, 0.25) is 11.8 Å². The van der Waals surface area contributed by atoms with E-state index >= 15 is 0 Å². The molecule has 46 heavy (non-hydrogen) atoms. The van der Waals surface area contributed by atoms with E-state index in [1.165, 1.54) is 17.0 Å². The van der Waals surface area contributed by atoms with Crippen LogP contribution in [0.2, 0.25) is 5.02 Å². The summed E-state index contributed by atoms with van der Waals surface area (Å²) < 4.78 is 30.3. The van der Waals surface area contributed by atoms with E-state index in [2.05, 4.69) is 21.2 Å². The number of nitrogens with one attached hydrogen (secondary N) is 1. The molecule has 10 heteroatoms. The average Bonchev–Trinajstić information content (AvgIpc) is 3.55. The highest BCUT2D eigenvalue weighted by Gasteiger charge is 2.36. The predicted octanol–water partition coefficient (Wildman–Crippen LogP) is 7.31. The van der Waals surface area contributed by atoms with E-state index < -0.39 is 28.5 Å². The van der Waals surface area contributed by atoms with Crippen LogP contribution in [0.3, 0.4) is 0 Å². The molecule has 1 saturated carbocycles. The number of para-hydroxylation sites is 1. The van der Waals surface area contributed by atoms with Gasteiger partial charge < -0.3 is 10.2 Å². The van der Waals surface area contributed by atoms with Crippen molar-refractivity contribution in [1.29, 1.82) is 0 Å². The highest BCUT2D eigenvalue weighted by atomic mass is 79.9. The van der Waals surface area contributed by atoms with E-state index in [1.54, 1.807) is 36.4 Å². The minimum atomic E-state index is -4.23. The Kier molecular flexibility index (Phi) is 11.2. The lowest BCUT2D eigenvalue weighted by Gasteiger charge is -2.34. The molecule has 4 aromatic rings. The third kappa shape index (κ3) is 8.37. The molecule has 0 unspecified atom stereocenters. The molecular formula is C36H37BrClN3O4S. The zero-order valence-electron chi connectivity index (χ0n) is 25.6. The van der Waals surface area contributed by atoms with Crippen molar-refractivity contribution in [2.24, 2.45) is 0 Å². The van der Waals surface area contributed by atoms with Gasteiger partial charge in [-0.3, -0.25) is 13.9 Å². The van der Waals surface area contributed by atoms with E-state index in [-0.39, 0.29) is 40.5 Å². The average molecular weight is 723 g/mol. The number of benzene rings is 4. The number of carbonyl (C=O) groups is 2. The molecule has 1 atom stereocenters. The van der Waals surface area contributed by atoms with Crippen molar-refractivity contribution < 1.29 is 18.0 Å². The Morgan fingerprint density at radius 3 is 2.22 bits per heavy atom. The number of nitrogens with zero attached hydrogens (tertiary/aromatic N) is 2. The number of hydrogen-bond acceptors (Lipinski definition) is 4. The Labute approximate surface area is 284 Å². The molecule has 0 radical (unpaired) electrons. The van der Waals surface area contributed by atoms with Crippen LogP contribution in [0.4, 0.5) is 5.69 Å². The Balaban J connectivity index is 1.57. The lowest BCUT2D eigenvalue weighted by Crippen LogP contribution is -2.54. The number of amides is 2. The first-order valence-electron chi connectivity index (χ1n) is 15.3. The fourth-order valence-electron chi connectivity index (χ4n) is 5.76. The predicted molar refractivity (Wildman–Crippen MR) is 186 cm³/mol. The van der Waals surface area contributed by atoms with Gasteiger partial charge in [0.05, 0.1) is 15.6 Å². The first-order chi connectivity index (χ1) is 22.1. The molecule has 0 aliphatic heterocycles. The SMILES string of the molecule is Cc1ccc(S(=O)(=O)N(CC(=O)N(Cc2cccc(Br)c2)[C@@H](Cc2ccccc2)C(=O)NC2CCCC2)c2ccccc2Cl)cc1. The normalized spacial score (nSPS) is 14.1. The van der Waals surface area contributed by atoms with E-state index in [1.807, 2.05) is 61.5 Å². The molecule has 1 aliphatic rings. The van der Waals surface area contributed by atoms with Crippen molar-refractivity contribution in [3.8, 4) is 0 Å². The summed E-state index contributed by atoms with van der Waals surface area (Å²) in [5.74, 6) is -0.789. The first kappa shape index (κ1) is 33.7. The largest absolute Gasteiger partial charge is 0.352 e. The number of halogens is 2. The summed E-state index contributed by atoms with van der Waals surface area (Å²) in [7, 11) is -4.23. The summed E-state index contributed by atoms with van der Waals surface area (Å²) in [5, 5.41) is 3.38. The standard InChI is InChI=1S/C36H37BrClN3O4S/c1-26-18-20-31(21-19-26)46(44,45)41(33-17-8-7-16-32(33)38)25-35(42)40(24-28-12-9-13-29(37)22-28)34(23-27-10-3-2-4-11-27)36(43)39-30-14-5-6-15-30/h2-4,7-13,16-22,30,34H,5-6,14-15,23-25H2,1H3,(H,39,43)/t34-/m0/s1. The van der Waals surface area contributed by atoms with Gasteiger partial charge >= 0.3 is 0 Å². The molecule has 0 spiro atoms. The molecule has 7 nitrogen and oxygen atoms in total. The molecule has 1 N–H and O–H groups in total. The van der Waals surface area contributed by atoms with Crippen molar-refractivity contribution in [2.75, 3.05) is 10.8 Å². The minimum Gasteiger partial charge on any atom is -0.352 e. The molecule has 0 saturated heterocycles. The summed E-state index contributed by atoms with van der Waals surface area (Å²) in [4.78, 5) is 30.3. The fourth-order valence-corrected chi connectivity index (χ4v) is 7.93. The fraction of sp³-hybridized carbons (Fsp3) is 0.278. The van der Waals surface area contributed by atoms with Gasteiger partial charge in [0.15, 0.2) is 0 Å². The Bertz CT molecular complexity index is 1760. The van der Waals surface area contributed by atoms with E-state index in [0.717, 1.165) is 51.2 Å². The van der Waals surface area contributed by atoms with Gasteiger partial charge in [-0.25, -0.2) is 8.42 Å². The number of hydrogen-bond donors (Lipinski definition) is 1. The minimum absolute atomic E-state index is 0.0316. The van der Waals surface area contributed by atoms with Crippen molar-refractivity contribution in [2.45, 2.75) is 62.6 Å². The molecule has 240 valence electrons. The number of sulfonamides is 1. The van der Waals surface area contributed by atoms with Crippen LogP contribution in [0, 0.1) is 6.92 Å². The lowest BCUT2D eigenvalue weighted by atomic mass is 10.0. The zero-order valence-corrected chi connectivity index (χ0v) is 28.8. The molecule has 4 aromatic carbocycles. The van der Waals surface area contributed by atoms with Crippen LogP contribution in [0.25, 0.3) is 0 Å². The highest BCUT2D eigenvalue weighted by molar-refractivity contribution is 9.10. The van der Waals surface area contributed by atoms with Crippen LogP contribution in [-0.4, -0.2) is 43.8 Å². The number of aryl methyl sites for hydroxylation is 1. The van der Waals surface area contributed by atoms with Crippen molar-refractivity contribution in [1.82, 2.24) is 10.2 Å². The lowest BCUT2D eigenvalue weighted by molar-refractivity contribution is -0.140. The molecule has 1 fully saturated rings. The summed E-state index contributed by atoms with van der Waals surface area (Å²) in [5.41, 5.74) is 2.75. The molecular weight excluding hydrogens is 686 g/mol. The van der Waals surface area contributed by atoms with Crippen LogP contribution in [-0.2, 0) is 32.6 Å². The second-order valence-corrected chi connectivity index (χ2v) is 14.8. The van der Waals surface area contributed by atoms with Crippen molar-refractivity contribution >= 4 is 55.1 Å². The molecule has 0 heterocycles. The summed E-state index contributed by atoms with van der Waals surface area (Å²) in [6.07, 6.45) is 4.12. The van der Waals surface area contributed by atoms with Crippen LogP contribution < -0.4 is 9.62 Å². The van der Waals surface area contributed by atoms with Gasteiger partial charge in [-0.1, -0.05) is 113 Å². The third-order valence-electron chi connectivity index (χ3n) is 8.22. The third-order valence-corrected chi connectivity index (χ3v) is 10.8. The Morgan fingerprint density at radius 2 is 1.54 bits per heavy atom. The summed E-state index contributed by atoms with van der Waals surface area (Å²) in [6, 6.07) is 29.2. The van der Waals surface area contributed by atoms with Gasteiger partial charge in [-0.05, 0) is 67.3 Å². The van der Waals surface area contributed by atoms with Crippen LogP contribution >= 0.6 is 27.5 Å². The van der Waals surface area contributed by atoms with Crippen LogP contribution in [0.15, 0.2) is 112 Å². The van der Waals surface area contributed by atoms with Crippen LogP contribution in [0.5, 0.6) is 0 Å². The smallest absolute Gasteiger partial charge is 0.264 e. The highest BCUT2D eigenvalue weighted by Crippen LogP contribution is 2.31.